The summed E-state index contributed by atoms with van der Waals surface area (Å²) in [4.78, 5) is -0.119. The summed E-state index contributed by atoms with van der Waals surface area (Å²) in [6.45, 7) is 2.10. The Morgan fingerprint density at radius 2 is 1.80 bits per heavy atom. The van der Waals surface area contributed by atoms with E-state index < -0.39 is 15.8 Å². The summed E-state index contributed by atoms with van der Waals surface area (Å²) >= 11 is 0. The third kappa shape index (κ3) is 3.34. The molecule has 0 aliphatic carbocycles. The molecule has 2 rings (SSSR count). The van der Waals surface area contributed by atoms with Crippen LogP contribution in [0.2, 0.25) is 0 Å². The van der Waals surface area contributed by atoms with Crippen molar-refractivity contribution in [3.05, 3.63) is 59.4 Å². The normalized spacial score (nSPS) is 11.5. The van der Waals surface area contributed by atoms with Crippen molar-refractivity contribution in [1.29, 1.82) is 0 Å². The number of rotatable bonds is 4. The maximum atomic E-state index is 12.9. The number of nitrogens with two attached hydrogens (primary N) is 1. The van der Waals surface area contributed by atoms with Gasteiger partial charge in [0.25, 0.3) is 0 Å². The zero-order valence-electron chi connectivity index (χ0n) is 10.9. The van der Waals surface area contributed by atoms with Crippen LogP contribution in [-0.4, -0.2) is 8.42 Å². The van der Waals surface area contributed by atoms with Crippen molar-refractivity contribution in [3.8, 4) is 0 Å². The van der Waals surface area contributed by atoms with E-state index in [2.05, 4.69) is 4.72 Å². The third-order valence-electron chi connectivity index (χ3n) is 2.85. The molecule has 0 amide bonds. The van der Waals surface area contributed by atoms with Crippen molar-refractivity contribution in [2.75, 3.05) is 5.73 Å². The number of nitrogen functional groups attached to an aromatic ring is 1. The SMILES string of the molecule is Cc1ccc(CNS(=O)(=O)c2ccc(F)cc2N)cc1. The molecule has 0 bridgehead atoms. The second-order valence-corrected chi connectivity index (χ2v) is 6.23. The molecule has 0 radical (unpaired) electrons. The summed E-state index contributed by atoms with van der Waals surface area (Å²) in [5.74, 6) is -0.569. The predicted octanol–water partition coefficient (Wildman–Crippen LogP) is 2.19. The van der Waals surface area contributed by atoms with Gasteiger partial charge in [-0.3, -0.25) is 0 Å². The first-order valence-electron chi connectivity index (χ1n) is 5.99. The fourth-order valence-corrected chi connectivity index (χ4v) is 2.85. The van der Waals surface area contributed by atoms with Crippen molar-refractivity contribution in [1.82, 2.24) is 4.72 Å². The van der Waals surface area contributed by atoms with E-state index >= 15 is 0 Å². The molecule has 0 aromatic heterocycles. The van der Waals surface area contributed by atoms with Crippen molar-refractivity contribution in [3.63, 3.8) is 0 Å². The van der Waals surface area contributed by atoms with Crippen molar-refractivity contribution in [2.24, 2.45) is 0 Å². The minimum Gasteiger partial charge on any atom is -0.398 e. The van der Waals surface area contributed by atoms with Gasteiger partial charge in [-0.2, -0.15) is 0 Å². The smallest absolute Gasteiger partial charge is 0.242 e. The summed E-state index contributed by atoms with van der Waals surface area (Å²) in [6.07, 6.45) is 0. The van der Waals surface area contributed by atoms with Gasteiger partial charge in [0.05, 0.1) is 5.69 Å². The Hall–Kier alpha value is -1.92. The molecule has 0 atom stereocenters. The molecule has 0 heterocycles. The number of hydrogen-bond donors (Lipinski definition) is 2. The van der Waals surface area contributed by atoms with Crippen LogP contribution in [0, 0.1) is 12.7 Å². The number of aryl methyl sites for hydroxylation is 1. The van der Waals surface area contributed by atoms with Crippen LogP contribution in [0.4, 0.5) is 10.1 Å². The van der Waals surface area contributed by atoms with E-state index in [-0.39, 0.29) is 17.1 Å². The van der Waals surface area contributed by atoms with Crippen LogP contribution < -0.4 is 10.5 Å². The lowest BCUT2D eigenvalue weighted by atomic mass is 10.2. The highest BCUT2D eigenvalue weighted by molar-refractivity contribution is 7.89. The van der Waals surface area contributed by atoms with E-state index in [0.29, 0.717) is 0 Å². The number of benzene rings is 2. The molecular weight excluding hydrogens is 279 g/mol. The van der Waals surface area contributed by atoms with Gasteiger partial charge in [0.2, 0.25) is 10.0 Å². The van der Waals surface area contributed by atoms with Crippen LogP contribution in [-0.2, 0) is 16.6 Å². The van der Waals surface area contributed by atoms with E-state index in [1.54, 1.807) is 0 Å². The summed E-state index contributed by atoms with van der Waals surface area (Å²) in [5, 5.41) is 0. The molecule has 6 heteroatoms. The van der Waals surface area contributed by atoms with Crippen LogP contribution in [0.15, 0.2) is 47.4 Å². The van der Waals surface area contributed by atoms with Crippen LogP contribution >= 0.6 is 0 Å². The Kier molecular flexibility index (Phi) is 4.06. The minimum absolute atomic E-state index is 0.110. The molecule has 0 fully saturated rings. The van der Waals surface area contributed by atoms with Gasteiger partial charge in [-0.05, 0) is 30.7 Å². The highest BCUT2D eigenvalue weighted by Gasteiger charge is 2.17. The summed E-state index contributed by atoms with van der Waals surface area (Å²) in [6, 6.07) is 10.7. The zero-order valence-corrected chi connectivity index (χ0v) is 11.7. The lowest BCUT2D eigenvalue weighted by Crippen LogP contribution is -2.24. The molecule has 3 N–H and O–H groups in total. The third-order valence-corrected chi connectivity index (χ3v) is 4.32. The molecular formula is C14H15FN2O2S. The predicted molar refractivity (Wildman–Crippen MR) is 76.0 cm³/mol. The van der Waals surface area contributed by atoms with Crippen molar-refractivity contribution in [2.45, 2.75) is 18.4 Å². The lowest BCUT2D eigenvalue weighted by molar-refractivity contribution is 0.581. The van der Waals surface area contributed by atoms with Crippen LogP contribution in [0.3, 0.4) is 0 Å². The van der Waals surface area contributed by atoms with Gasteiger partial charge >= 0.3 is 0 Å². The van der Waals surface area contributed by atoms with E-state index in [1.807, 2.05) is 31.2 Å². The molecule has 0 spiro atoms. The van der Waals surface area contributed by atoms with Gasteiger partial charge in [0, 0.05) is 6.54 Å². The molecule has 0 saturated heterocycles. The van der Waals surface area contributed by atoms with Gasteiger partial charge in [0.15, 0.2) is 0 Å². The second kappa shape index (κ2) is 5.60. The fraction of sp³-hybridized carbons (Fsp3) is 0.143. The average molecular weight is 294 g/mol. The first-order chi connectivity index (χ1) is 9.38. The van der Waals surface area contributed by atoms with Gasteiger partial charge in [-0.25, -0.2) is 17.5 Å². The molecule has 0 saturated carbocycles. The molecule has 2 aromatic rings. The van der Waals surface area contributed by atoms with E-state index in [1.165, 1.54) is 0 Å². The number of anilines is 1. The number of nitrogens with one attached hydrogen (secondary N) is 1. The van der Waals surface area contributed by atoms with Gasteiger partial charge in [0.1, 0.15) is 10.7 Å². The summed E-state index contributed by atoms with van der Waals surface area (Å²) < 4.78 is 39.6. The van der Waals surface area contributed by atoms with Gasteiger partial charge < -0.3 is 5.73 Å². The van der Waals surface area contributed by atoms with E-state index in [4.69, 9.17) is 5.73 Å². The monoisotopic (exact) mass is 294 g/mol. The molecule has 20 heavy (non-hydrogen) atoms. The Balaban J connectivity index is 2.17. The Morgan fingerprint density at radius 3 is 2.40 bits per heavy atom. The quantitative estimate of drug-likeness (QED) is 0.849. The Morgan fingerprint density at radius 1 is 1.15 bits per heavy atom. The topological polar surface area (TPSA) is 72.2 Å². The number of sulfonamides is 1. The van der Waals surface area contributed by atoms with E-state index in [0.717, 1.165) is 29.3 Å². The molecule has 0 aliphatic rings. The van der Waals surface area contributed by atoms with Crippen LogP contribution in [0.5, 0.6) is 0 Å². The molecule has 106 valence electrons. The number of hydrogen-bond acceptors (Lipinski definition) is 3. The van der Waals surface area contributed by atoms with Crippen LogP contribution in [0.25, 0.3) is 0 Å². The van der Waals surface area contributed by atoms with Crippen molar-refractivity contribution < 1.29 is 12.8 Å². The Bertz CT molecular complexity index is 712. The highest BCUT2D eigenvalue weighted by atomic mass is 32.2. The lowest BCUT2D eigenvalue weighted by Gasteiger charge is -2.09. The van der Waals surface area contributed by atoms with Crippen LogP contribution in [0.1, 0.15) is 11.1 Å². The molecule has 4 nitrogen and oxygen atoms in total. The summed E-state index contributed by atoms with van der Waals surface area (Å²) in [7, 11) is -3.76. The minimum atomic E-state index is -3.76. The first kappa shape index (κ1) is 14.5. The number of halogens is 1. The average Bonchev–Trinajstić information content (AvgIpc) is 2.37. The van der Waals surface area contributed by atoms with E-state index in [9.17, 15) is 12.8 Å². The second-order valence-electron chi connectivity index (χ2n) is 4.49. The van der Waals surface area contributed by atoms with Gasteiger partial charge in [-0.1, -0.05) is 29.8 Å². The van der Waals surface area contributed by atoms with Gasteiger partial charge in [-0.15, -0.1) is 0 Å². The van der Waals surface area contributed by atoms with Crippen molar-refractivity contribution >= 4 is 15.7 Å². The highest BCUT2D eigenvalue weighted by Crippen LogP contribution is 2.19. The first-order valence-corrected chi connectivity index (χ1v) is 7.47. The molecule has 0 aliphatic heterocycles. The summed E-state index contributed by atoms with van der Waals surface area (Å²) in [5.41, 5.74) is 7.36. The maximum absolute atomic E-state index is 12.9. The zero-order chi connectivity index (χ0) is 14.8. The Labute approximate surface area is 117 Å². The molecule has 0 unspecified atom stereocenters. The maximum Gasteiger partial charge on any atom is 0.242 e. The standard InChI is InChI=1S/C14H15FN2O2S/c1-10-2-4-11(5-3-10)9-17-20(18,19)14-7-6-12(15)8-13(14)16/h2-8,17H,9,16H2,1H3. The largest absolute Gasteiger partial charge is 0.398 e. The molecule has 2 aromatic carbocycles. The fourth-order valence-electron chi connectivity index (χ4n) is 1.73.